The Morgan fingerprint density at radius 3 is 2.81 bits per heavy atom. The van der Waals surface area contributed by atoms with Crippen molar-refractivity contribution in [3.8, 4) is 17.2 Å². The van der Waals surface area contributed by atoms with Crippen LogP contribution in [0, 0.1) is 13.8 Å². The van der Waals surface area contributed by atoms with Crippen LogP contribution in [0.4, 0.5) is 0 Å². The minimum Gasteiger partial charge on any atom is -0.456 e. The number of amides is 1. The molecule has 2 saturated heterocycles. The first kappa shape index (κ1) is 20.9. The van der Waals surface area contributed by atoms with Crippen molar-refractivity contribution < 1.29 is 28.6 Å². The third-order valence-electron chi connectivity index (χ3n) is 6.41. The summed E-state index contributed by atoms with van der Waals surface area (Å²) in [6, 6.07) is 6.78. The van der Waals surface area contributed by atoms with E-state index < -0.39 is 12.0 Å². The number of Topliss-reactive ketones (excluding diaryl/α,β-unsaturated/α-hetero) is 1. The van der Waals surface area contributed by atoms with Gasteiger partial charge in [0.15, 0.2) is 18.1 Å². The summed E-state index contributed by atoms with van der Waals surface area (Å²) in [5.74, 6) is 1.02. The van der Waals surface area contributed by atoms with Gasteiger partial charge in [-0.15, -0.1) is 11.8 Å². The average molecular weight is 457 g/mol. The fraction of sp³-hybridized carbons (Fsp3) is 0.435. The van der Waals surface area contributed by atoms with Gasteiger partial charge in [0.25, 0.3) is 0 Å². The number of nitrogens with zero attached hydrogens (tertiary/aromatic N) is 2. The standard InChI is InChI=1S/C23H24N2O6S/c1-13-8-16(14(2)24(13)15-4-5-19-20(9-15)31-12-30-19)18(26)10-29-22(28)17-11-32-23(3)7-6-21(27)25(17)23/h4-5,8-9,17H,6-7,10-12H2,1-3H3/t17-,23+/m1/s1. The Kier molecular flexibility index (Phi) is 4.96. The van der Waals surface area contributed by atoms with Gasteiger partial charge in [-0.05, 0) is 45.4 Å². The lowest BCUT2D eigenvalue weighted by Crippen LogP contribution is -2.46. The van der Waals surface area contributed by atoms with Gasteiger partial charge in [-0.3, -0.25) is 9.59 Å². The highest BCUT2D eigenvalue weighted by atomic mass is 32.2. The number of ketones is 1. The number of aromatic nitrogens is 1. The number of hydrogen-bond acceptors (Lipinski definition) is 7. The maximum absolute atomic E-state index is 12.9. The number of fused-ring (bicyclic) bond motifs is 2. The van der Waals surface area contributed by atoms with Gasteiger partial charge < -0.3 is 23.7 Å². The second-order valence-corrected chi connectivity index (χ2v) is 9.96. The van der Waals surface area contributed by atoms with Crippen molar-refractivity contribution in [2.75, 3.05) is 19.2 Å². The first-order chi connectivity index (χ1) is 15.3. The van der Waals surface area contributed by atoms with Crippen molar-refractivity contribution in [3.63, 3.8) is 0 Å². The van der Waals surface area contributed by atoms with E-state index in [0.717, 1.165) is 23.5 Å². The van der Waals surface area contributed by atoms with Crippen LogP contribution in [0.25, 0.3) is 5.69 Å². The fourth-order valence-electron chi connectivity index (χ4n) is 4.77. The highest BCUT2D eigenvalue weighted by molar-refractivity contribution is 8.01. The number of thioether (sulfide) groups is 1. The molecule has 0 aliphatic carbocycles. The highest BCUT2D eigenvalue weighted by Gasteiger charge is 2.53. The molecule has 0 spiro atoms. The second-order valence-electron chi connectivity index (χ2n) is 8.45. The van der Waals surface area contributed by atoms with E-state index in [1.165, 1.54) is 0 Å². The number of esters is 1. The molecule has 1 aromatic heterocycles. The van der Waals surface area contributed by atoms with Crippen molar-refractivity contribution in [3.05, 3.63) is 41.2 Å². The predicted molar refractivity (Wildman–Crippen MR) is 117 cm³/mol. The fourth-order valence-corrected chi connectivity index (χ4v) is 6.19. The molecular formula is C23H24N2O6S. The van der Waals surface area contributed by atoms with Crippen LogP contribution in [0.15, 0.2) is 24.3 Å². The molecule has 2 fully saturated rings. The molecule has 168 valence electrons. The third-order valence-corrected chi connectivity index (χ3v) is 7.91. The molecule has 0 saturated carbocycles. The van der Waals surface area contributed by atoms with Gasteiger partial charge in [-0.1, -0.05) is 0 Å². The first-order valence-corrected chi connectivity index (χ1v) is 11.5. The summed E-state index contributed by atoms with van der Waals surface area (Å²) in [5.41, 5.74) is 2.98. The summed E-state index contributed by atoms with van der Waals surface area (Å²) in [7, 11) is 0. The van der Waals surface area contributed by atoms with Crippen molar-refractivity contribution in [1.29, 1.82) is 0 Å². The SMILES string of the molecule is Cc1cc(C(=O)COC(=O)[C@H]2CS[C@@]3(C)CCC(=O)N23)c(C)n1-c1ccc2c(c1)OCO2. The van der Waals surface area contributed by atoms with E-state index in [0.29, 0.717) is 29.2 Å². The molecular weight excluding hydrogens is 432 g/mol. The zero-order valence-electron chi connectivity index (χ0n) is 18.2. The Balaban J connectivity index is 1.30. The monoisotopic (exact) mass is 456 g/mol. The number of benzene rings is 1. The minimum atomic E-state index is -0.631. The predicted octanol–water partition coefficient (Wildman–Crippen LogP) is 3.00. The summed E-state index contributed by atoms with van der Waals surface area (Å²) < 4.78 is 18.2. The van der Waals surface area contributed by atoms with Gasteiger partial charge in [0.2, 0.25) is 18.5 Å². The number of aryl methyl sites for hydroxylation is 1. The molecule has 5 rings (SSSR count). The van der Waals surface area contributed by atoms with Gasteiger partial charge in [0.1, 0.15) is 6.04 Å². The molecule has 2 atom stereocenters. The molecule has 1 aromatic carbocycles. The maximum Gasteiger partial charge on any atom is 0.330 e. The third kappa shape index (κ3) is 3.26. The normalized spacial score (nSPS) is 23.5. The van der Waals surface area contributed by atoms with E-state index >= 15 is 0 Å². The van der Waals surface area contributed by atoms with Crippen LogP contribution in [-0.2, 0) is 14.3 Å². The largest absolute Gasteiger partial charge is 0.456 e. The molecule has 4 heterocycles. The smallest absolute Gasteiger partial charge is 0.330 e. The zero-order valence-corrected chi connectivity index (χ0v) is 19.0. The highest BCUT2D eigenvalue weighted by Crippen LogP contribution is 2.47. The van der Waals surface area contributed by atoms with E-state index in [1.54, 1.807) is 22.7 Å². The molecule has 0 bridgehead atoms. The quantitative estimate of drug-likeness (QED) is 0.505. The summed E-state index contributed by atoms with van der Waals surface area (Å²) >= 11 is 1.60. The Hall–Kier alpha value is -2.94. The van der Waals surface area contributed by atoms with Crippen LogP contribution >= 0.6 is 11.8 Å². The van der Waals surface area contributed by atoms with E-state index in [2.05, 4.69) is 0 Å². The first-order valence-electron chi connectivity index (χ1n) is 10.5. The Morgan fingerprint density at radius 2 is 2.00 bits per heavy atom. The van der Waals surface area contributed by atoms with Gasteiger partial charge >= 0.3 is 5.97 Å². The van der Waals surface area contributed by atoms with Crippen LogP contribution in [0.3, 0.4) is 0 Å². The van der Waals surface area contributed by atoms with Crippen molar-refractivity contribution in [1.82, 2.24) is 9.47 Å². The summed E-state index contributed by atoms with van der Waals surface area (Å²) in [6.45, 7) is 5.58. The van der Waals surface area contributed by atoms with Crippen molar-refractivity contribution in [2.45, 2.75) is 44.5 Å². The van der Waals surface area contributed by atoms with Crippen LogP contribution < -0.4 is 9.47 Å². The van der Waals surface area contributed by atoms with Crippen LogP contribution in [-0.4, -0.2) is 57.2 Å². The van der Waals surface area contributed by atoms with Gasteiger partial charge in [0, 0.05) is 40.9 Å². The molecule has 0 N–H and O–H groups in total. The molecule has 8 nitrogen and oxygen atoms in total. The Morgan fingerprint density at radius 1 is 1.22 bits per heavy atom. The molecule has 2 aromatic rings. The minimum absolute atomic E-state index is 0.0296. The van der Waals surface area contributed by atoms with Crippen molar-refractivity contribution in [2.24, 2.45) is 0 Å². The van der Waals surface area contributed by atoms with Gasteiger partial charge in [-0.25, -0.2) is 4.79 Å². The number of ether oxygens (including phenoxy) is 3. The molecule has 3 aliphatic rings. The maximum atomic E-state index is 12.9. The summed E-state index contributed by atoms with van der Waals surface area (Å²) in [4.78, 5) is 39.1. The van der Waals surface area contributed by atoms with E-state index in [1.807, 2.05) is 43.5 Å². The number of rotatable bonds is 5. The molecule has 0 radical (unpaired) electrons. The lowest BCUT2D eigenvalue weighted by molar-refractivity contribution is -0.152. The van der Waals surface area contributed by atoms with Gasteiger partial charge in [0.05, 0.1) is 4.87 Å². The average Bonchev–Trinajstić information content (AvgIpc) is 3.50. The number of carbonyl (C=O) groups excluding carboxylic acids is 3. The van der Waals surface area contributed by atoms with E-state index in [4.69, 9.17) is 14.2 Å². The van der Waals surface area contributed by atoms with E-state index in [9.17, 15) is 14.4 Å². The van der Waals surface area contributed by atoms with Crippen molar-refractivity contribution >= 4 is 29.4 Å². The summed E-state index contributed by atoms with van der Waals surface area (Å²) in [6.07, 6.45) is 1.17. The van der Waals surface area contributed by atoms with E-state index in [-0.39, 0.29) is 30.0 Å². The van der Waals surface area contributed by atoms with Gasteiger partial charge in [-0.2, -0.15) is 0 Å². The number of carbonyl (C=O) groups is 3. The lowest BCUT2D eigenvalue weighted by atomic mass is 10.1. The Bertz CT molecular complexity index is 1140. The Labute approximate surface area is 189 Å². The molecule has 9 heteroatoms. The lowest BCUT2D eigenvalue weighted by Gasteiger charge is -2.29. The van der Waals surface area contributed by atoms with Crippen LogP contribution in [0.5, 0.6) is 11.5 Å². The zero-order chi connectivity index (χ0) is 22.6. The molecule has 0 unspecified atom stereocenters. The molecule has 1 amide bonds. The number of hydrogen-bond donors (Lipinski definition) is 0. The second kappa shape index (κ2) is 7.58. The molecule has 3 aliphatic heterocycles. The summed E-state index contributed by atoms with van der Waals surface area (Å²) in [5, 5.41) is 0. The van der Waals surface area contributed by atoms with Crippen LogP contribution in [0.1, 0.15) is 41.5 Å². The topological polar surface area (TPSA) is 87.1 Å². The molecule has 32 heavy (non-hydrogen) atoms. The van der Waals surface area contributed by atoms with Crippen LogP contribution in [0.2, 0.25) is 0 Å².